The minimum atomic E-state index is -0.183. The monoisotopic (exact) mass is 320 g/mol. The average molecular weight is 320 g/mol. The van der Waals surface area contributed by atoms with Gasteiger partial charge in [0.05, 0.1) is 11.4 Å². The Labute approximate surface area is 138 Å². The fourth-order valence-electron chi connectivity index (χ4n) is 2.36. The quantitative estimate of drug-likeness (QED) is 0.894. The van der Waals surface area contributed by atoms with E-state index in [4.69, 9.17) is 0 Å². The van der Waals surface area contributed by atoms with E-state index in [9.17, 15) is 9.59 Å². The van der Waals surface area contributed by atoms with Crippen LogP contribution in [-0.2, 0) is 12.8 Å². The summed E-state index contributed by atoms with van der Waals surface area (Å²) in [5.74, 6) is 0. The largest absolute Gasteiger partial charge is 0.331 e. The molecule has 0 aliphatic carbocycles. The number of hydrogen-bond donors (Lipinski definition) is 2. The second-order valence-corrected chi connectivity index (χ2v) is 5.94. The molecule has 0 radical (unpaired) electrons. The number of anilines is 2. The maximum atomic E-state index is 12.1. The molecule has 0 unspecified atom stereocenters. The molecule has 0 saturated heterocycles. The highest BCUT2D eigenvalue weighted by Gasteiger charge is 2.19. The second kappa shape index (κ2) is 7.85. The maximum absolute atomic E-state index is 12.1. The molecule has 1 aromatic carbocycles. The van der Waals surface area contributed by atoms with Crippen molar-refractivity contribution < 1.29 is 9.59 Å². The van der Waals surface area contributed by atoms with Crippen molar-refractivity contribution in [2.45, 2.75) is 33.6 Å². The maximum Gasteiger partial charge on any atom is 0.321 e. The third kappa shape index (κ3) is 4.37. The zero-order chi connectivity index (χ0) is 17.7. The minimum Gasteiger partial charge on any atom is -0.331 e. The van der Waals surface area contributed by atoms with Crippen LogP contribution in [0.15, 0.2) is 6.07 Å². The van der Waals surface area contributed by atoms with E-state index in [2.05, 4.69) is 17.6 Å². The third-order valence-corrected chi connectivity index (χ3v) is 3.72. The van der Waals surface area contributed by atoms with Gasteiger partial charge in [-0.3, -0.25) is 0 Å². The second-order valence-electron chi connectivity index (χ2n) is 5.94. The molecule has 0 atom stereocenters. The van der Waals surface area contributed by atoms with Crippen molar-refractivity contribution in [1.82, 2.24) is 9.80 Å². The zero-order valence-corrected chi connectivity index (χ0v) is 15.2. The summed E-state index contributed by atoms with van der Waals surface area (Å²) in [6.07, 6.45) is 1.51. The van der Waals surface area contributed by atoms with Crippen LogP contribution in [0.25, 0.3) is 0 Å². The lowest BCUT2D eigenvalue weighted by molar-refractivity contribution is 0.230. The summed E-state index contributed by atoms with van der Waals surface area (Å²) in [6.45, 7) is 6.05. The number of urea groups is 2. The highest BCUT2D eigenvalue weighted by Crippen LogP contribution is 2.33. The van der Waals surface area contributed by atoms with Gasteiger partial charge in [0.2, 0.25) is 0 Å². The molecule has 0 spiro atoms. The molecule has 0 fully saturated rings. The number of rotatable bonds is 4. The SMILES string of the molecule is CCc1cc(C)c(NC(=O)N(C)C)c(CC)c1NC(=O)N(C)C. The van der Waals surface area contributed by atoms with E-state index < -0.39 is 0 Å². The standard InChI is InChI=1S/C17H28N4O2/c1-8-12-10-11(3)14(18-16(22)20(4)5)13(9-2)15(12)19-17(23)21(6)7/h10H,8-9H2,1-7H3,(H,18,22)(H,19,23). The highest BCUT2D eigenvalue weighted by molar-refractivity contribution is 5.96. The van der Waals surface area contributed by atoms with Crippen LogP contribution in [0.2, 0.25) is 0 Å². The van der Waals surface area contributed by atoms with E-state index in [1.807, 2.05) is 19.9 Å². The number of aryl methyl sites for hydroxylation is 2. The van der Waals surface area contributed by atoms with Gasteiger partial charge in [-0.2, -0.15) is 0 Å². The van der Waals surface area contributed by atoms with E-state index in [1.54, 1.807) is 28.2 Å². The van der Waals surface area contributed by atoms with E-state index >= 15 is 0 Å². The Hall–Kier alpha value is -2.24. The van der Waals surface area contributed by atoms with Gasteiger partial charge in [-0.25, -0.2) is 9.59 Å². The molecule has 0 aliphatic rings. The van der Waals surface area contributed by atoms with E-state index in [0.29, 0.717) is 6.42 Å². The molecule has 4 amide bonds. The summed E-state index contributed by atoms with van der Waals surface area (Å²) in [7, 11) is 6.81. The summed E-state index contributed by atoms with van der Waals surface area (Å²) in [6, 6.07) is 1.66. The first-order valence-corrected chi connectivity index (χ1v) is 7.84. The molecular weight excluding hydrogens is 292 g/mol. The molecule has 6 nitrogen and oxygen atoms in total. The molecule has 1 rings (SSSR count). The number of benzene rings is 1. The van der Waals surface area contributed by atoms with Crippen molar-refractivity contribution in [3.05, 3.63) is 22.8 Å². The minimum absolute atomic E-state index is 0.178. The van der Waals surface area contributed by atoms with E-state index in [0.717, 1.165) is 34.5 Å². The van der Waals surface area contributed by atoms with E-state index in [-0.39, 0.29) is 12.1 Å². The lowest BCUT2D eigenvalue weighted by atomic mass is 9.97. The van der Waals surface area contributed by atoms with Gasteiger partial charge in [0.1, 0.15) is 0 Å². The average Bonchev–Trinajstić information content (AvgIpc) is 2.49. The fourth-order valence-corrected chi connectivity index (χ4v) is 2.36. The van der Waals surface area contributed by atoms with Gasteiger partial charge in [-0.1, -0.05) is 19.9 Å². The summed E-state index contributed by atoms with van der Waals surface area (Å²) in [4.78, 5) is 27.1. The Morgan fingerprint density at radius 1 is 0.913 bits per heavy atom. The number of carbonyl (C=O) groups excluding carboxylic acids is 2. The highest BCUT2D eigenvalue weighted by atomic mass is 16.2. The first-order valence-electron chi connectivity index (χ1n) is 7.84. The Kier molecular flexibility index (Phi) is 6.42. The van der Waals surface area contributed by atoms with Crippen LogP contribution in [0.5, 0.6) is 0 Å². The van der Waals surface area contributed by atoms with Gasteiger partial charge in [0.15, 0.2) is 0 Å². The molecule has 1 aromatic rings. The summed E-state index contributed by atoms with van der Waals surface area (Å²) < 4.78 is 0. The number of nitrogens with zero attached hydrogens (tertiary/aromatic N) is 2. The third-order valence-electron chi connectivity index (χ3n) is 3.72. The smallest absolute Gasteiger partial charge is 0.321 e. The molecule has 6 heteroatoms. The van der Waals surface area contributed by atoms with Crippen molar-refractivity contribution in [2.75, 3.05) is 38.8 Å². The first kappa shape index (κ1) is 18.8. The van der Waals surface area contributed by atoms with Crippen molar-refractivity contribution in [2.24, 2.45) is 0 Å². The van der Waals surface area contributed by atoms with Crippen LogP contribution in [0.4, 0.5) is 21.0 Å². The molecular formula is C17H28N4O2. The van der Waals surface area contributed by atoms with Crippen molar-refractivity contribution >= 4 is 23.4 Å². The lowest BCUT2D eigenvalue weighted by Gasteiger charge is -2.23. The Balaban J connectivity index is 3.41. The van der Waals surface area contributed by atoms with Crippen molar-refractivity contribution in [1.29, 1.82) is 0 Å². The summed E-state index contributed by atoms with van der Waals surface area (Å²) >= 11 is 0. The van der Waals surface area contributed by atoms with Crippen LogP contribution in [0, 0.1) is 6.92 Å². The predicted molar refractivity (Wildman–Crippen MR) is 95.3 cm³/mol. The topological polar surface area (TPSA) is 64.7 Å². The molecule has 0 heterocycles. The summed E-state index contributed by atoms with van der Waals surface area (Å²) in [5, 5.41) is 5.92. The fraction of sp³-hybridized carbons (Fsp3) is 0.529. The number of carbonyl (C=O) groups is 2. The molecule has 0 bridgehead atoms. The summed E-state index contributed by atoms with van der Waals surface area (Å²) in [5.41, 5.74) is 4.59. The van der Waals surface area contributed by atoms with Gasteiger partial charge in [-0.15, -0.1) is 0 Å². The lowest BCUT2D eigenvalue weighted by Crippen LogP contribution is -2.30. The molecule has 128 valence electrons. The van der Waals surface area contributed by atoms with Gasteiger partial charge in [0.25, 0.3) is 0 Å². The number of nitrogens with one attached hydrogen (secondary N) is 2. The molecule has 23 heavy (non-hydrogen) atoms. The Bertz CT molecular complexity index is 595. The normalized spacial score (nSPS) is 10.2. The van der Waals surface area contributed by atoms with Crippen LogP contribution in [0.1, 0.15) is 30.5 Å². The number of hydrogen-bond acceptors (Lipinski definition) is 2. The van der Waals surface area contributed by atoms with Crippen LogP contribution >= 0.6 is 0 Å². The van der Waals surface area contributed by atoms with Gasteiger partial charge in [0, 0.05) is 28.2 Å². The van der Waals surface area contributed by atoms with E-state index in [1.165, 1.54) is 9.80 Å². The molecule has 0 aliphatic heterocycles. The van der Waals surface area contributed by atoms with Gasteiger partial charge in [-0.05, 0) is 36.5 Å². The van der Waals surface area contributed by atoms with Crippen molar-refractivity contribution in [3.63, 3.8) is 0 Å². The predicted octanol–water partition coefficient (Wildman–Crippen LogP) is 3.31. The Morgan fingerprint density at radius 2 is 1.39 bits per heavy atom. The number of amides is 4. The Morgan fingerprint density at radius 3 is 1.78 bits per heavy atom. The van der Waals surface area contributed by atoms with Gasteiger partial charge < -0.3 is 20.4 Å². The van der Waals surface area contributed by atoms with Crippen molar-refractivity contribution in [3.8, 4) is 0 Å². The van der Waals surface area contributed by atoms with Crippen LogP contribution < -0.4 is 10.6 Å². The first-order chi connectivity index (χ1) is 10.7. The van der Waals surface area contributed by atoms with Crippen LogP contribution in [-0.4, -0.2) is 50.1 Å². The van der Waals surface area contributed by atoms with Crippen LogP contribution in [0.3, 0.4) is 0 Å². The zero-order valence-electron chi connectivity index (χ0n) is 15.2. The molecule has 0 saturated carbocycles. The molecule has 0 aromatic heterocycles. The molecule has 2 N–H and O–H groups in total. The van der Waals surface area contributed by atoms with Gasteiger partial charge >= 0.3 is 12.1 Å².